The highest BCUT2D eigenvalue weighted by Crippen LogP contribution is 2.45. The first-order valence-corrected chi connectivity index (χ1v) is 13.6. The molecule has 186 valence electrons. The molecule has 0 aliphatic carbocycles. The summed E-state index contributed by atoms with van der Waals surface area (Å²) >= 11 is 0. The van der Waals surface area contributed by atoms with Crippen LogP contribution >= 0.6 is 0 Å². The van der Waals surface area contributed by atoms with Gasteiger partial charge in [0.25, 0.3) is 0 Å². The van der Waals surface area contributed by atoms with Crippen molar-refractivity contribution in [3.8, 4) is 22.3 Å². The van der Waals surface area contributed by atoms with E-state index in [0.29, 0.717) is 0 Å². The molecule has 9 aromatic rings. The summed E-state index contributed by atoms with van der Waals surface area (Å²) in [6.07, 6.45) is 1.73. The Labute approximate surface area is 229 Å². The molecule has 40 heavy (non-hydrogen) atoms. The van der Waals surface area contributed by atoms with E-state index in [1.165, 1.54) is 54.6 Å². The number of furan rings is 2. The number of benzene rings is 7. The van der Waals surface area contributed by atoms with Crippen molar-refractivity contribution in [1.82, 2.24) is 0 Å². The zero-order chi connectivity index (χ0) is 26.2. The lowest BCUT2D eigenvalue weighted by molar-refractivity contribution is 0.616. The largest absolute Gasteiger partial charge is 0.464 e. The van der Waals surface area contributed by atoms with Gasteiger partial charge >= 0.3 is 0 Å². The summed E-state index contributed by atoms with van der Waals surface area (Å²) in [5.74, 6) is 0. The van der Waals surface area contributed by atoms with Crippen LogP contribution in [0, 0.1) is 0 Å². The first-order valence-electron chi connectivity index (χ1n) is 13.6. The van der Waals surface area contributed by atoms with E-state index in [1.807, 2.05) is 6.07 Å². The van der Waals surface area contributed by atoms with E-state index in [9.17, 15) is 0 Å². The summed E-state index contributed by atoms with van der Waals surface area (Å²) < 4.78 is 12.0. The van der Waals surface area contributed by atoms with Crippen LogP contribution in [-0.2, 0) is 0 Å². The van der Waals surface area contributed by atoms with Gasteiger partial charge in [-0.2, -0.15) is 0 Å². The van der Waals surface area contributed by atoms with Crippen molar-refractivity contribution in [2.45, 2.75) is 0 Å². The molecule has 2 aromatic heterocycles. The van der Waals surface area contributed by atoms with Gasteiger partial charge in [0.1, 0.15) is 16.7 Å². The van der Waals surface area contributed by atoms with Crippen LogP contribution in [0.25, 0.3) is 87.5 Å². The Bertz CT molecular complexity index is 2380. The van der Waals surface area contributed by atoms with Crippen molar-refractivity contribution in [2.75, 3.05) is 0 Å². The van der Waals surface area contributed by atoms with Crippen molar-refractivity contribution >= 4 is 65.2 Å². The Morgan fingerprint density at radius 2 is 0.950 bits per heavy atom. The van der Waals surface area contributed by atoms with Crippen LogP contribution in [0.1, 0.15) is 0 Å². The average molecular weight is 511 g/mol. The molecule has 0 aliphatic heterocycles. The average Bonchev–Trinajstić information content (AvgIpc) is 3.61. The minimum atomic E-state index is 0.872. The SMILES string of the molecule is c1ccc2cc(-c3c4ccccc4c(-c4ccc5oc6cc7ccoc7cc6c5c4)c4ccccc34)ccc2c1. The minimum absolute atomic E-state index is 0.872. The summed E-state index contributed by atoms with van der Waals surface area (Å²) in [4.78, 5) is 0. The van der Waals surface area contributed by atoms with Gasteiger partial charge in [0, 0.05) is 16.2 Å². The molecule has 0 unspecified atom stereocenters. The van der Waals surface area contributed by atoms with Gasteiger partial charge in [-0.1, -0.05) is 91.0 Å². The van der Waals surface area contributed by atoms with Crippen molar-refractivity contribution in [3.05, 3.63) is 134 Å². The maximum absolute atomic E-state index is 6.27. The minimum Gasteiger partial charge on any atom is -0.464 e. The number of hydrogen-bond acceptors (Lipinski definition) is 2. The first kappa shape index (κ1) is 21.6. The van der Waals surface area contributed by atoms with Crippen LogP contribution < -0.4 is 0 Å². The second kappa shape index (κ2) is 8.08. The fourth-order valence-corrected chi connectivity index (χ4v) is 6.48. The number of rotatable bonds is 2. The van der Waals surface area contributed by atoms with Crippen LogP contribution in [-0.4, -0.2) is 0 Å². The normalized spacial score (nSPS) is 12.0. The van der Waals surface area contributed by atoms with E-state index in [2.05, 4.69) is 121 Å². The molecule has 2 heteroatoms. The van der Waals surface area contributed by atoms with Crippen LogP contribution in [0.15, 0.2) is 142 Å². The van der Waals surface area contributed by atoms with Crippen molar-refractivity contribution in [2.24, 2.45) is 0 Å². The molecular weight excluding hydrogens is 488 g/mol. The van der Waals surface area contributed by atoms with Gasteiger partial charge in [0.2, 0.25) is 0 Å². The predicted molar refractivity (Wildman–Crippen MR) is 167 cm³/mol. The fraction of sp³-hybridized carbons (Fsp3) is 0. The van der Waals surface area contributed by atoms with Gasteiger partial charge in [-0.3, -0.25) is 0 Å². The zero-order valence-corrected chi connectivity index (χ0v) is 21.5. The molecule has 0 N–H and O–H groups in total. The maximum atomic E-state index is 6.27. The molecule has 0 bridgehead atoms. The summed E-state index contributed by atoms with van der Waals surface area (Å²) in [5.41, 5.74) is 7.55. The predicted octanol–water partition coefficient (Wildman–Crippen LogP) is 11.1. The molecule has 0 amide bonds. The molecule has 0 fully saturated rings. The quantitative estimate of drug-likeness (QED) is 0.216. The molecule has 2 nitrogen and oxygen atoms in total. The summed E-state index contributed by atoms with van der Waals surface area (Å²) in [7, 11) is 0. The Kier molecular flexibility index (Phi) is 4.36. The Hall–Kier alpha value is -5.34. The molecule has 2 heterocycles. The summed E-state index contributed by atoms with van der Waals surface area (Å²) in [5, 5.41) is 10.7. The number of hydrogen-bond donors (Lipinski definition) is 0. The molecule has 0 aliphatic rings. The molecule has 9 rings (SSSR count). The molecule has 0 radical (unpaired) electrons. The van der Waals surface area contributed by atoms with E-state index < -0.39 is 0 Å². The molecule has 0 saturated carbocycles. The lowest BCUT2D eigenvalue weighted by Crippen LogP contribution is -1.91. The Morgan fingerprint density at radius 1 is 0.350 bits per heavy atom. The molecule has 0 saturated heterocycles. The lowest BCUT2D eigenvalue weighted by Gasteiger charge is -2.18. The van der Waals surface area contributed by atoms with Crippen LogP contribution in [0.5, 0.6) is 0 Å². The monoisotopic (exact) mass is 510 g/mol. The van der Waals surface area contributed by atoms with Crippen LogP contribution in [0.3, 0.4) is 0 Å². The number of fused-ring (bicyclic) bond motifs is 7. The highest BCUT2D eigenvalue weighted by Gasteiger charge is 2.18. The summed E-state index contributed by atoms with van der Waals surface area (Å²) in [6.45, 7) is 0. The highest BCUT2D eigenvalue weighted by atomic mass is 16.3. The second-order valence-corrected chi connectivity index (χ2v) is 10.5. The van der Waals surface area contributed by atoms with Gasteiger partial charge in [-0.15, -0.1) is 0 Å². The second-order valence-electron chi connectivity index (χ2n) is 10.5. The van der Waals surface area contributed by atoms with E-state index in [0.717, 1.165) is 32.9 Å². The first-order chi connectivity index (χ1) is 19.8. The van der Waals surface area contributed by atoms with Crippen molar-refractivity contribution < 1.29 is 8.83 Å². The summed E-state index contributed by atoms with van der Waals surface area (Å²) in [6, 6.07) is 45.7. The highest BCUT2D eigenvalue weighted by molar-refractivity contribution is 6.22. The third-order valence-electron chi connectivity index (χ3n) is 8.30. The van der Waals surface area contributed by atoms with E-state index in [4.69, 9.17) is 8.83 Å². The standard InChI is InChI=1S/C38H22O2/c1-2-8-24-19-26(14-13-23(24)7-1)37-28-9-3-5-11-30(28)38(31-12-6-4-10-29(31)37)27-15-16-34-32(20-27)33-22-35-25(17-18-39-35)21-36(33)40-34/h1-22H. The molecule has 0 atom stereocenters. The van der Waals surface area contributed by atoms with Crippen molar-refractivity contribution in [1.29, 1.82) is 0 Å². The van der Waals surface area contributed by atoms with Crippen LogP contribution in [0.4, 0.5) is 0 Å². The van der Waals surface area contributed by atoms with Gasteiger partial charge in [0.05, 0.1) is 6.26 Å². The van der Waals surface area contributed by atoms with Crippen molar-refractivity contribution in [3.63, 3.8) is 0 Å². The molecule has 7 aromatic carbocycles. The Balaban J connectivity index is 1.37. The molecule has 0 spiro atoms. The Morgan fingerprint density at radius 3 is 1.68 bits per heavy atom. The van der Waals surface area contributed by atoms with E-state index in [1.54, 1.807) is 6.26 Å². The van der Waals surface area contributed by atoms with E-state index in [-0.39, 0.29) is 0 Å². The van der Waals surface area contributed by atoms with E-state index >= 15 is 0 Å². The van der Waals surface area contributed by atoms with Gasteiger partial charge in [-0.25, -0.2) is 0 Å². The fourth-order valence-electron chi connectivity index (χ4n) is 6.48. The third-order valence-corrected chi connectivity index (χ3v) is 8.30. The lowest BCUT2D eigenvalue weighted by atomic mass is 9.85. The van der Waals surface area contributed by atoms with Gasteiger partial charge < -0.3 is 8.83 Å². The maximum Gasteiger partial charge on any atom is 0.136 e. The van der Waals surface area contributed by atoms with Gasteiger partial charge in [0.15, 0.2) is 0 Å². The van der Waals surface area contributed by atoms with Gasteiger partial charge in [-0.05, 0) is 91.0 Å². The topological polar surface area (TPSA) is 26.3 Å². The smallest absolute Gasteiger partial charge is 0.136 e. The van der Waals surface area contributed by atoms with Crippen LogP contribution in [0.2, 0.25) is 0 Å². The molecular formula is C38H22O2. The third kappa shape index (κ3) is 3.05. The zero-order valence-electron chi connectivity index (χ0n) is 21.5.